The van der Waals surface area contributed by atoms with E-state index in [1.165, 1.54) is 16.5 Å². The van der Waals surface area contributed by atoms with Crippen molar-refractivity contribution in [2.45, 2.75) is 13.0 Å². The molecule has 74 valence electrons. The van der Waals surface area contributed by atoms with Gasteiger partial charge in [-0.2, -0.15) is 5.10 Å². The summed E-state index contributed by atoms with van der Waals surface area (Å²) in [7, 11) is 3.95. The fraction of sp³-hybridized carbons (Fsp3) is 0.364. The Morgan fingerprint density at radius 1 is 1.43 bits per heavy atom. The lowest BCUT2D eigenvalue weighted by Crippen LogP contribution is -2.13. The number of hydrogen-bond acceptors (Lipinski definition) is 2. The predicted molar refractivity (Wildman–Crippen MR) is 58.2 cm³/mol. The molecule has 14 heavy (non-hydrogen) atoms. The van der Waals surface area contributed by atoms with Crippen molar-refractivity contribution in [2.75, 3.05) is 7.05 Å². The summed E-state index contributed by atoms with van der Waals surface area (Å²) < 4.78 is 1.93. The third-order valence-corrected chi connectivity index (χ3v) is 2.69. The molecule has 3 heteroatoms. The van der Waals surface area contributed by atoms with Crippen LogP contribution in [0.15, 0.2) is 24.4 Å². The molecule has 0 saturated carbocycles. The Kier molecular flexibility index (Phi) is 2.25. The molecule has 1 unspecified atom stereocenters. The molecule has 1 aromatic heterocycles. The van der Waals surface area contributed by atoms with Gasteiger partial charge in [0, 0.05) is 18.5 Å². The highest BCUT2D eigenvalue weighted by Gasteiger charge is 2.09. The van der Waals surface area contributed by atoms with E-state index in [-0.39, 0.29) is 0 Å². The molecule has 2 rings (SSSR count). The van der Waals surface area contributed by atoms with E-state index in [2.05, 4.69) is 35.5 Å². The fourth-order valence-electron chi connectivity index (χ4n) is 1.77. The summed E-state index contributed by atoms with van der Waals surface area (Å²) >= 11 is 0. The number of nitrogens with one attached hydrogen (secondary N) is 1. The Balaban J connectivity index is 2.69. The van der Waals surface area contributed by atoms with Gasteiger partial charge in [0.25, 0.3) is 0 Å². The monoisotopic (exact) mass is 189 g/mol. The number of rotatable bonds is 2. The Morgan fingerprint density at radius 3 is 2.93 bits per heavy atom. The lowest BCUT2D eigenvalue weighted by Gasteiger charge is -2.12. The average Bonchev–Trinajstić information content (AvgIpc) is 2.59. The highest BCUT2D eigenvalue weighted by molar-refractivity contribution is 5.82. The van der Waals surface area contributed by atoms with Gasteiger partial charge in [0.15, 0.2) is 0 Å². The second kappa shape index (κ2) is 3.42. The van der Waals surface area contributed by atoms with E-state index in [1.54, 1.807) is 0 Å². The van der Waals surface area contributed by atoms with Gasteiger partial charge in [0.1, 0.15) is 0 Å². The van der Waals surface area contributed by atoms with Crippen LogP contribution >= 0.6 is 0 Å². The SMILES string of the molecule is CNC(C)c1cccc2cnn(C)c12. The zero-order chi connectivity index (χ0) is 10.1. The van der Waals surface area contributed by atoms with Crippen LogP contribution in [-0.2, 0) is 7.05 Å². The van der Waals surface area contributed by atoms with Crippen LogP contribution in [0.5, 0.6) is 0 Å². The second-order valence-corrected chi connectivity index (χ2v) is 3.56. The average molecular weight is 189 g/mol. The van der Waals surface area contributed by atoms with Crippen LogP contribution in [0.25, 0.3) is 10.9 Å². The Hall–Kier alpha value is -1.35. The minimum Gasteiger partial charge on any atom is -0.313 e. The quantitative estimate of drug-likeness (QED) is 0.781. The van der Waals surface area contributed by atoms with E-state index in [1.807, 2.05) is 25.0 Å². The molecule has 3 nitrogen and oxygen atoms in total. The van der Waals surface area contributed by atoms with Crippen LogP contribution in [0.1, 0.15) is 18.5 Å². The molecule has 0 aliphatic heterocycles. The molecule has 2 aromatic rings. The van der Waals surface area contributed by atoms with Crippen LogP contribution < -0.4 is 5.32 Å². The Morgan fingerprint density at radius 2 is 2.21 bits per heavy atom. The van der Waals surface area contributed by atoms with Gasteiger partial charge in [-0.3, -0.25) is 4.68 Å². The van der Waals surface area contributed by atoms with Crippen molar-refractivity contribution in [1.29, 1.82) is 0 Å². The van der Waals surface area contributed by atoms with Gasteiger partial charge in [-0.25, -0.2) is 0 Å². The van der Waals surface area contributed by atoms with Crippen LogP contribution in [-0.4, -0.2) is 16.8 Å². The van der Waals surface area contributed by atoms with Crippen LogP contribution in [0.4, 0.5) is 0 Å². The third kappa shape index (κ3) is 1.30. The standard InChI is InChI=1S/C11H15N3/c1-8(12-2)10-6-4-5-9-7-13-14(3)11(9)10/h4-8,12H,1-3H3. The summed E-state index contributed by atoms with van der Waals surface area (Å²) in [5.41, 5.74) is 2.51. The number of aromatic nitrogens is 2. The smallest absolute Gasteiger partial charge is 0.0726 e. The minimum atomic E-state index is 0.356. The van der Waals surface area contributed by atoms with Crippen molar-refractivity contribution in [3.05, 3.63) is 30.0 Å². The number of hydrogen-bond donors (Lipinski definition) is 1. The van der Waals surface area contributed by atoms with Crippen LogP contribution in [0.3, 0.4) is 0 Å². The summed E-state index contributed by atoms with van der Waals surface area (Å²) in [6, 6.07) is 6.67. The highest BCUT2D eigenvalue weighted by Crippen LogP contribution is 2.22. The molecule has 0 aliphatic rings. The van der Waals surface area contributed by atoms with E-state index in [4.69, 9.17) is 0 Å². The zero-order valence-corrected chi connectivity index (χ0v) is 8.78. The number of aryl methyl sites for hydroxylation is 1. The zero-order valence-electron chi connectivity index (χ0n) is 8.78. The summed E-state index contributed by atoms with van der Waals surface area (Å²) in [5.74, 6) is 0. The van der Waals surface area contributed by atoms with Gasteiger partial charge in [-0.05, 0) is 19.5 Å². The second-order valence-electron chi connectivity index (χ2n) is 3.56. The Labute approximate surface area is 83.7 Å². The van der Waals surface area contributed by atoms with Crippen LogP contribution in [0, 0.1) is 0 Å². The number of benzene rings is 1. The van der Waals surface area contributed by atoms with E-state index in [0.29, 0.717) is 6.04 Å². The molecular formula is C11H15N3. The molecule has 0 bridgehead atoms. The largest absolute Gasteiger partial charge is 0.313 e. The molecule has 1 atom stereocenters. The molecule has 0 amide bonds. The summed E-state index contributed by atoms with van der Waals surface area (Å²) in [4.78, 5) is 0. The molecule has 1 N–H and O–H groups in total. The van der Waals surface area contributed by atoms with Crippen molar-refractivity contribution in [3.8, 4) is 0 Å². The number of fused-ring (bicyclic) bond motifs is 1. The van der Waals surface area contributed by atoms with Gasteiger partial charge in [0.2, 0.25) is 0 Å². The van der Waals surface area contributed by atoms with Crippen LogP contribution in [0.2, 0.25) is 0 Å². The van der Waals surface area contributed by atoms with Crippen molar-refractivity contribution < 1.29 is 0 Å². The number of nitrogens with zero attached hydrogens (tertiary/aromatic N) is 2. The van der Waals surface area contributed by atoms with Gasteiger partial charge in [-0.15, -0.1) is 0 Å². The van der Waals surface area contributed by atoms with Crippen molar-refractivity contribution >= 4 is 10.9 Å². The lowest BCUT2D eigenvalue weighted by molar-refractivity contribution is 0.650. The molecule has 1 heterocycles. The topological polar surface area (TPSA) is 29.9 Å². The maximum Gasteiger partial charge on any atom is 0.0726 e. The first-order chi connectivity index (χ1) is 6.74. The molecule has 0 saturated heterocycles. The fourth-order valence-corrected chi connectivity index (χ4v) is 1.77. The summed E-state index contributed by atoms with van der Waals surface area (Å²) in [6.45, 7) is 2.15. The Bertz CT molecular complexity index is 445. The molecular weight excluding hydrogens is 174 g/mol. The lowest BCUT2D eigenvalue weighted by atomic mass is 10.1. The first-order valence-corrected chi connectivity index (χ1v) is 4.82. The normalized spacial score (nSPS) is 13.4. The van der Waals surface area contributed by atoms with E-state index >= 15 is 0 Å². The molecule has 0 radical (unpaired) electrons. The van der Waals surface area contributed by atoms with Gasteiger partial charge in [0.05, 0.1) is 11.7 Å². The first kappa shape index (κ1) is 9.21. The van der Waals surface area contributed by atoms with Crippen molar-refractivity contribution in [3.63, 3.8) is 0 Å². The molecule has 0 fully saturated rings. The van der Waals surface area contributed by atoms with Crippen molar-refractivity contribution in [1.82, 2.24) is 15.1 Å². The number of para-hydroxylation sites is 1. The maximum absolute atomic E-state index is 4.26. The third-order valence-electron chi connectivity index (χ3n) is 2.69. The van der Waals surface area contributed by atoms with Gasteiger partial charge >= 0.3 is 0 Å². The van der Waals surface area contributed by atoms with E-state index < -0.39 is 0 Å². The highest BCUT2D eigenvalue weighted by atomic mass is 15.2. The predicted octanol–water partition coefficient (Wildman–Crippen LogP) is 1.85. The van der Waals surface area contributed by atoms with Gasteiger partial charge < -0.3 is 5.32 Å². The van der Waals surface area contributed by atoms with Gasteiger partial charge in [-0.1, -0.05) is 18.2 Å². The maximum atomic E-state index is 4.26. The molecule has 0 spiro atoms. The summed E-state index contributed by atoms with van der Waals surface area (Å²) in [5, 5.41) is 8.71. The van der Waals surface area contributed by atoms with E-state index in [9.17, 15) is 0 Å². The molecule has 0 aliphatic carbocycles. The first-order valence-electron chi connectivity index (χ1n) is 4.82. The van der Waals surface area contributed by atoms with E-state index in [0.717, 1.165) is 0 Å². The van der Waals surface area contributed by atoms with Crippen molar-refractivity contribution in [2.24, 2.45) is 7.05 Å². The molecule has 1 aromatic carbocycles. The summed E-state index contributed by atoms with van der Waals surface area (Å²) in [6.07, 6.45) is 1.90. The minimum absolute atomic E-state index is 0.356.